The molecular formula is C26H22FN7O2. The van der Waals surface area contributed by atoms with E-state index in [4.69, 9.17) is 5.84 Å². The number of benzene rings is 2. The lowest BCUT2D eigenvalue weighted by molar-refractivity contribution is 0.0741. The zero-order valence-electron chi connectivity index (χ0n) is 19.4. The largest absolute Gasteiger partial charge is 0.292 e. The van der Waals surface area contributed by atoms with E-state index in [0.717, 1.165) is 23.4 Å². The average molecular weight is 484 g/mol. The number of Topliss-reactive ketones (excluding diaryl/α,β-unsaturated/α-hetero) is 1. The highest BCUT2D eigenvalue weighted by molar-refractivity contribution is 6.14. The molecule has 0 unspecified atom stereocenters. The van der Waals surface area contributed by atoms with Gasteiger partial charge in [0.25, 0.3) is 5.91 Å². The quantitative estimate of drug-likeness (QED) is 0.171. The van der Waals surface area contributed by atoms with Crippen LogP contribution >= 0.6 is 0 Å². The molecule has 0 saturated heterocycles. The number of halogens is 1. The van der Waals surface area contributed by atoms with Gasteiger partial charge < -0.3 is 0 Å². The van der Waals surface area contributed by atoms with Gasteiger partial charge >= 0.3 is 0 Å². The van der Waals surface area contributed by atoms with Crippen molar-refractivity contribution in [3.05, 3.63) is 83.7 Å². The van der Waals surface area contributed by atoms with Crippen molar-refractivity contribution in [3.8, 4) is 5.69 Å². The number of nitrogens with two attached hydrogens (primary N) is 1. The molecule has 1 saturated carbocycles. The molecule has 1 fully saturated rings. The molecular weight excluding hydrogens is 461 g/mol. The van der Waals surface area contributed by atoms with Crippen molar-refractivity contribution in [2.24, 2.45) is 18.8 Å². The molecule has 1 aliphatic rings. The van der Waals surface area contributed by atoms with E-state index in [0.29, 0.717) is 38.9 Å². The number of aromatic nitrogens is 5. The fourth-order valence-corrected chi connectivity index (χ4v) is 4.44. The van der Waals surface area contributed by atoms with Crippen LogP contribution in [0, 0.1) is 11.7 Å². The zero-order valence-corrected chi connectivity index (χ0v) is 19.4. The van der Waals surface area contributed by atoms with Crippen LogP contribution in [-0.2, 0) is 13.6 Å². The van der Waals surface area contributed by atoms with Gasteiger partial charge in [-0.15, -0.1) is 0 Å². The Morgan fingerprint density at radius 2 is 1.92 bits per heavy atom. The lowest BCUT2D eigenvalue weighted by atomic mass is 10.1. The molecule has 2 N–H and O–H groups in total. The molecule has 180 valence electrons. The number of ketones is 1. The first-order chi connectivity index (χ1) is 17.4. The molecule has 0 atom stereocenters. The number of amides is 1. The van der Waals surface area contributed by atoms with E-state index in [1.807, 2.05) is 0 Å². The molecule has 36 heavy (non-hydrogen) atoms. The van der Waals surface area contributed by atoms with E-state index in [9.17, 15) is 14.0 Å². The third kappa shape index (κ3) is 3.72. The van der Waals surface area contributed by atoms with Gasteiger partial charge in [-0.3, -0.25) is 24.3 Å². The van der Waals surface area contributed by atoms with Crippen LogP contribution in [0.15, 0.2) is 60.9 Å². The van der Waals surface area contributed by atoms with Crippen molar-refractivity contribution < 1.29 is 14.0 Å². The second-order valence-corrected chi connectivity index (χ2v) is 9.00. The third-order valence-corrected chi connectivity index (χ3v) is 6.43. The Labute approximate surface area is 204 Å². The van der Waals surface area contributed by atoms with E-state index in [-0.39, 0.29) is 18.2 Å². The Hall–Kier alpha value is -4.44. The van der Waals surface area contributed by atoms with Gasteiger partial charge in [-0.05, 0) is 49.2 Å². The SMILES string of the molecule is Cn1nc(C(=O)C2CC2)c2cnc3ccc(C(=O)N(N)Cc4ccn(-c5ccccc5F)n4)cc3c21. The topological polar surface area (TPSA) is 112 Å². The van der Waals surface area contributed by atoms with Gasteiger partial charge in [-0.25, -0.2) is 14.9 Å². The minimum absolute atomic E-state index is 0.0342. The van der Waals surface area contributed by atoms with Crippen LogP contribution < -0.4 is 5.84 Å². The van der Waals surface area contributed by atoms with E-state index in [1.54, 1.807) is 66.6 Å². The second kappa shape index (κ2) is 8.35. The minimum Gasteiger partial charge on any atom is -0.292 e. The minimum atomic E-state index is -0.411. The standard InChI is InChI=1S/C26H22FN7O2/c1-32-24-18-12-16(8-9-21(18)29-13-19(24)23(31-32)25(35)15-6-7-15)26(36)33(28)14-17-10-11-34(30-17)22-5-3-2-4-20(22)27/h2-5,8-13,15H,6-7,14,28H2,1H3. The van der Waals surface area contributed by atoms with Crippen molar-refractivity contribution in [2.75, 3.05) is 0 Å². The number of hydrogen-bond donors (Lipinski definition) is 1. The lowest BCUT2D eigenvalue weighted by Gasteiger charge is -2.16. The van der Waals surface area contributed by atoms with Gasteiger partial charge in [0.1, 0.15) is 17.2 Å². The summed E-state index contributed by atoms with van der Waals surface area (Å²) >= 11 is 0. The summed E-state index contributed by atoms with van der Waals surface area (Å²) in [5.74, 6) is 5.38. The molecule has 10 heteroatoms. The molecule has 0 spiro atoms. The summed E-state index contributed by atoms with van der Waals surface area (Å²) in [6, 6.07) is 13.1. The highest BCUT2D eigenvalue weighted by Gasteiger charge is 2.33. The Morgan fingerprint density at radius 1 is 1.11 bits per heavy atom. The molecule has 1 aliphatic carbocycles. The Morgan fingerprint density at radius 3 is 2.69 bits per heavy atom. The Kier molecular flexibility index (Phi) is 5.11. The number of rotatable bonds is 6. The molecule has 3 heterocycles. The van der Waals surface area contributed by atoms with Crippen LogP contribution in [0.5, 0.6) is 0 Å². The summed E-state index contributed by atoms with van der Waals surface area (Å²) in [4.78, 5) is 30.4. The van der Waals surface area contributed by atoms with Crippen molar-refractivity contribution in [1.82, 2.24) is 29.6 Å². The molecule has 6 rings (SSSR count). The zero-order chi connectivity index (χ0) is 25.0. The number of para-hydroxylation sites is 1. The second-order valence-electron chi connectivity index (χ2n) is 9.00. The van der Waals surface area contributed by atoms with Gasteiger partial charge in [0.15, 0.2) is 5.78 Å². The van der Waals surface area contributed by atoms with Crippen molar-refractivity contribution >= 4 is 33.5 Å². The van der Waals surface area contributed by atoms with Gasteiger partial charge in [-0.2, -0.15) is 10.2 Å². The number of aryl methyl sites for hydroxylation is 1. The summed E-state index contributed by atoms with van der Waals surface area (Å²) in [5.41, 5.74) is 3.02. The summed E-state index contributed by atoms with van der Waals surface area (Å²) < 4.78 is 17.1. The predicted octanol–water partition coefficient (Wildman–Crippen LogP) is 3.56. The van der Waals surface area contributed by atoms with E-state index in [1.165, 1.54) is 10.7 Å². The smallest absolute Gasteiger partial charge is 0.268 e. The highest BCUT2D eigenvalue weighted by atomic mass is 19.1. The van der Waals surface area contributed by atoms with Crippen LogP contribution in [0.3, 0.4) is 0 Å². The number of carbonyl (C=O) groups excluding carboxylic acids is 2. The first-order valence-corrected chi connectivity index (χ1v) is 11.6. The highest BCUT2D eigenvalue weighted by Crippen LogP contribution is 2.35. The Bertz CT molecular complexity index is 1670. The number of hydrogen-bond acceptors (Lipinski definition) is 6. The van der Waals surface area contributed by atoms with E-state index in [2.05, 4.69) is 15.2 Å². The molecule has 5 aromatic rings. The lowest BCUT2D eigenvalue weighted by Crippen LogP contribution is -2.36. The van der Waals surface area contributed by atoms with E-state index < -0.39 is 11.7 Å². The summed E-state index contributed by atoms with van der Waals surface area (Å²) in [5, 5.41) is 11.3. The maximum atomic E-state index is 14.1. The fourth-order valence-electron chi connectivity index (χ4n) is 4.44. The summed E-state index contributed by atoms with van der Waals surface area (Å²) in [7, 11) is 1.78. The van der Waals surface area contributed by atoms with Crippen LogP contribution in [0.2, 0.25) is 0 Å². The maximum Gasteiger partial charge on any atom is 0.268 e. The molecule has 2 aromatic carbocycles. The first-order valence-electron chi connectivity index (χ1n) is 11.6. The normalized spacial score (nSPS) is 13.4. The molecule has 0 aliphatic heterocycles. The van der Waals surface area contributed by atoms with Gasteiger partial charge in [0.2, 0.25) is 0 Å². The Balaban J connectivity index is 1.29. The molecule has 3 aromatic heterocycles. The number of nitrogens with zero attached hydrogens (tertiary/aromatic N) is 6. The number of fused-ring (bicyclic) bond motifs is 3. The van der Waals surface area contributed by atoms with Crippen LogP contribution in [-0.4, -0.2) is 41.2 Å². The van der Waals surface area contributed by atoms with Crippen LogP contribution in [0.4, 0.5) is 4.39 Å². The predicted molar refractivity (Wildman–Crippen MR) is 131 cm³/mol. The van der Waals surface area contributed by atoms with Gasteiger partial charge in [-0.1, -0.05) is 12.1 Å². The van der Waals surface area contributed by atoms with Crippen LogP contribution in [0.25, 0.3) is 27.5 Å². The van der Waals surface area contributed by atoms with Gasteiger partial charge in [0, 0.05) is 41.7 Å². The maximum absolute atomic E-state index is 14.1. The van der Waals surface area contributed by atoms with E-state index >= 15 is 0 Å². The third-order valence-electron chi connectivity index (χ3n) is 6.43. The summed E-state index contributed by atoms with van der Waals surface area (Å²) in [6.07, 6.45) is 5.07. The van der Waals surface area contributed by atoms with Crippen LogP contribution in [0.1, 0.15) is 39.4 Å². The number of pyridine rings is 1. The van der Waals surface area contributed by atoms with Crippen molar-refractivity contribution in [1.29, 1.82) is 0 Å². The molecule has 1 amide bonds. The average Bonchev–Trinajstić information content (AvgIpc) is 3.55. The molecule has 0 bridgehead atoms. The van der Waals surface area contributed by atoms with Gasteiger partial charge in [0.05, 0.1) is 23.3 Å². The van der Waals surface area contributed by atoms with Crippen molar-refractivity contribution in [3.63, 3.8) is 0 Å². The first kappa shape index (κ1) is 22.1. The van der Waals surface area contributed by atoms with Crippen molar-refractivity contribution in [2.45, 2.75) is 19.4 Å². The molecule has 0 radical (unpaired) electrons. The molecule has 9 nitrogen and oxygen atoms in total. The number of carbonyl (C=O) groups is 2. The summed E-state index contributed by atoms with van der Waals surface area (Å²) in [6.45, 7) is 0.0342. The fraction of sp³-hybridized carbons (Fsp3) is 0.192. The monoisotopic (exact) mass is 483 g/mol. The number of hydrazine groups is 1.